The first-order valence-corrected chi connectivity index (χ1v) is 5.80. The van der Waals surface area contributed by atoms with Crippen LogP contribution in [0.15, 0.2) is 0 Å². The molecule has 0 aromatic carbocycles. The van der Waals surface area contributed by atoms with E-state index < -0.39 is 0 Å². The van der Waals surface area contributed by atoms with Gasteiger partial charge in [-0.25, -0.2) is 4.98 Å². The van der Waals surface area contributed by atoms with Gasteiger partial charge in [-0.1, -0.05) is 0 Å². The molecule has 1 atom stereocenters. The van der Waals surface area contributed by atoms with Crippen molar-refractivity contribution in [1.82, 2.24) is 14.7 Å². The highest BCUT2D eigenvalue weighted by Crippen LogP contribution is 2.15. The number of nitrogens with zero attached hydrogens (tertiary/aromatic N) is 2. The van der Waals surface area contributed by atoms with Gasteiger partial charge in [-0.2, -0.15) is 4.37 Å². The van der Waals surface area contributed by atoms with Crippen LogP contribution >= 0.6 is 11.5 Å². The monoisotopic (exact) mass is 240 g/mol. The first-order chi connectivity index (χ1) is 7.65. The third-order valence-corrected chi connectivity index (χ3v) is 3.12. The van der Waals surface area contributed by atoms with Crippen LogP contribution < -0.4 is 10.6 Å². The van der Waals surface area contributed by atoms with Crippen molar-refractivity contribution in [3.05, 3.63) is 5.82 Å². The lowest BCUT2D eigenvalue weighted by Crippen LogP contribution is -2.40. The average Bonchev–Trinajstić information content (AvgIpc) is 2.65. The minimum Gasteiger partial charge on any atom is -0.355 e. The van der Waals surface area contributed by atoms with E-state index in [4.69, 9.17) is 0 Å². The van der Waals surface area contributed by atoms with Crippen LogP contribution in [0.25, 0.3) is 0 Å². The molecule has 1 aromatic rings. The second kappa shape index (κ2) is 4.56. The molecular formula is C9H12N4O2S. The van der Waals surface area contributed by atoms with Crippen molar-refractivity contribution in [1.29, 1.82) is 0 Å². The van der Waals surface area contributed by atoms with Crippen LogP contribution in [-0.4, -0.2) is 27.7 Å². The molecule has 2 rings (SSSR count). The summed E-state index contributed by atoms with van der Waals surface area (Å²) < 4.78 is 3.97. The van der Waals surface area contributed by atoms with Gasteiger partial charge in [0.1, 0.15) is 5.82 Å². The van der Waals surface area contributed by atoms with E-state index in [9.17, 15) is 9.59 Å². The Labute approximate surface area is 96.6 Å². The number of carbonyl (C=O) groups is 2. The number of nitrogens with one attached hydrogen (secondary N) is 2. The maximum Gasteiger partial charge on any atom is 0.231 e. The van der Waals surface area contributed by atoms with Crippen LogP contribution in [0.3, 0.4) is 0 Å². The molecule has 16 heavy (non-hydrogen) atoms. The van der Waals surface area contributed by atoms with Crippen LogP contribution in [0.5, 0.6) is 0 Å². The van der Waals surface area contributed by atoms with E-state index in [1.165, 1.54) is 0 Å². The van der Waals surface area contributed by atoms with E-state index in [0.717, 1.165) is 11.5 Å². The highest BCUT2D eigenvalue weighted by molar-refractivity contribution is 7.09. The number of aryl methyl sites for hydroxylation is 1. The second-order valence-corrected chi connectivity index (χ2v) is 4.43. The summed E-state index contributed by atoms with van der Waals surface area (Å²) in [7, 11) is 0. The number of carbonyl (C=O) groups excluding carboxylic acids is 2. The lowest BCUT2D eigenvalue weighted by Gasteiger charge is -2.20. The van der Waals surface area contributed by atoms with Crippen molar-refractivity contribution in [2.45, 2.75) is 19.8 Å². The molecule has 1 aliphatic heterocycles. The molecule has 1 unspecified atom stereocenters. The fourth-order valence-corrected chi connectivity index (χ4v) is 2.09. The number of hydrogen-bond acceptors (Lipinski definition) is 5. The molecule has 0 spiro atoms. The highest BCUT2D eigenvalue weighted by Gasteiger charge is 2.24. The summed E-state index contributed by atoms with van der Waals surface area (Å²) >= 11 is 1.16. The highest BCUT2D eigenvalue weighted by atomic mass is 32.1. The Morgan fingerprint density at radius 1 is 1.62 bits per heavy atom. The third kappa shape index (κ3) is 2.54. The number of aromatic nitrogens is 2. The molecule has 0 saturated carbocycles. The zero-order chi connectivity index (χ0) is 11.5. The molecule has 2 heterocycles. The van der Waals surface area contributed by atoms with Crippen LogP contribution in [0.4, 0.5) is 5.13 Å². The lowest BCUT2D eigenvalue weighted by atomic mass is 9.98. The Bertz CT molecular complexity index is 407. The Kier molecular flexibility index (Phi) is 3.14. The van der Waals surface area contributed by atoms with E-state index in [1.54, 1.807) is 6.92 Å². The van der Waals surface area contributed by atoms with Crippen molar-refractivity contribution < 1.29 is 9.59 Å². The Morgan fingerprint density at radius 3 is 3.00 bits per heavy atom. The minimum atomic E-state index is -0.165. The molecule has 1 aliphatic rings. The van der Waals surface area contributed by atoms with Crippen molar-refractivity contribution in [3.63, 3.8) is 0 Å². The maximum absolute atomic E-state index is 11.8. The van der Waals surface area contributed by atoms with Crippen LogP contribution in [0.1, 0.15) is 18.7 Å². The van der Waals surface area contributed by atoms with Crippen molar-refractivity contribution in [3.8, 4) is 0 Å². The summed E-state index contributed by atoms with van der Waals surface area (Å²) in [5, 5.41) is 5.89. The molecule has 1 saturated heterocycles. The fraction of sp³-hybridized carbons (Fsp3) is 0.556. The average molecular weight is 240 g/mol. The van der Waals surface area contributed by atoms with Gasteiger partial charge in [-0.15, -0.1) is 0 Å². The Morgan fingerprint density at radius 2 is 2.44 bits per heavy atom. The molecule has 0 bridgehead atoms. The summed E-state index contributed by atoms with van der Waals surface area (Å²) in [5.74, 6) is 0.395. The van der Waals surface area contributed by atoms with Crippen molar-refractivity contribution >= 4 is 28.5 Å². The lowest BCUT2D eigenvalue weighted by molar-refractivity contribution is -0.126. The summed E-state index contributed by atoms with van der Waals surface area (Å²) in [6, 6.07) is 0. The minimum absolute atomic E-state index is 0.0100. The quantitative estimate of drug-likeness (QED) is 0.779. The number of anilines is 1. The van der Waals surface area contributed by atoms with Gasteiger partial charge in [0.15, 0.2) is 0 Å². The van der Waals surface area contributed by atoms with E-state index in [-0.39, 0.29) is 17.7 Å². The van der Waals surface area contributed by atoms with Gasteiger partial charge in [0.25, 0.3) is 0 Å². The molecule has 1 fully saturated rings. The summed E-state index contributed by atoms with van der Waals surface area (Å²) in [6.07, 6.45) is 1.00. The van der Waals surface area contributed by atoms with E-state index in [0.29, 0.717) is 30.3 Å². The SMILES string of the molecule is Cc1nsc(NC(=O)C2CCC(=O)NC2)n1. The molecule has 0 radical (unpaired) electrons. The maximum atomic E-state index is 11.8. The predicted molar refractivity (Wildman–Crippen MR) is 59.0 cm³/mol. The van der Waals surface area contributed by atoms with E-state index in [2.05, 4.69) is 20.0 Å². The zero-order valence-corrected chi connectivity index (χ0v) is 9.63. The normalized spacial score (nSPS) is 20.3. The number of rotatable bonds is 2. The third-order valence-electron chi connectivity index (χ3n) is 2.39. The molecule has 7 heteroatoms. The van der Waals surface area contributed by atoms with Crippen LogP contribution in [0.2, 0.25) is 0 Å². The van der Waals surface area contributed by atoms with E-state index >= 15 is 0 Å². The molecule has 1 aromatic heterocycles. The van der Waals surface area contributed by atoms with Crippen molar-refractivity contribution in [2.75, 3.05) is 11.9 Å². The Balaban J connectivity index is 1.91. The molecule has 6 nitrogen and oxygen atoms in total. The molecule has 2 amide bonds. The molecule has 2 N–H and O–H groups in total. The van der Waals surface area contributed by atoms with E-state index in [1.807, 2.05) is 0 Å². The van der Waals surface area contributed by atoms with Gasteiger partial charge in [0.2, 0.25) is 16.9 Å². The zero-order valence-electron chi connectivity index (χ0n) is 8.82. The van der Waals surface area contributed by atoms with Gasteiger partial charge in [-0.3, -0.25) is 9.59 Å². The van der Waals surface area contributed by atoms with Crippen LogP contribution in [-0.2, 0) is 9.59 Å². The predicted octanol–water partition coefficient (Wildman–Crippen LogP) is 0.311. The van der Waals surface area contributed by atoms with Gasteiger partial charge < -0.3 is 10.6 Å². The Hall–Kier alpha value is -1.50. The first-order valence-electron chi connectivity index (χ1n) is 5.03. The number of piperidine rings is 1. The number of hydrogen-bond donors (Lipinski definition) is 2. The van der Waals surface area contributed by atoms with Gasteiger partial charge in [-0.05, 0) is 13.3 Å². The van der Waals surface area contributed by atoms with Gasteiger partial charge in [0, 0.05) is 24.5 Å². The number of amides is 2. The first kappa shape index (κ1) is 11.0. The topological polar surface area (TPSA) is 84.0 Å². The standard InChI is InChI=1S/C9H12N4O2S/c1-5-11-9(16-13-5)12-8(15)6-2-3-7(14)10-4-6/h6H,2-4H2,1H3,(H,10,14)(H,11,12,13,15). The summed E-state index contributed by atoms with van der Waals surface area (Å²) in [4.78, 5) is 26.7. The second-order valence-electron chi connectivity index (χ2n) is 3.68. The smallest absolute Gasteiger partial charge is 0.231 e. The summed E-state index contributed by atoms with van der Waals surface area (Å²) in [5.41, 5.74) is 0. The summed E-state index contributed by atoms with van der Waals surface area (Å²) in [6.45, 7) is 2.18. The van der Waals surface area contributed by atoms with Gasteiger partial charge in [0.05, 0.1) is 5.92 Å². The molecule has 86 valence electrons. The molecular weight excluding hydrogens is 228 g/mol. The molecule has 0 aliphatic carbocycles. The fourth-order valence-electron chi connectivity index (χ4n) is 1.51. The van der Waals surface area contributed by atoms with Gasteiger partial charge >= 0.3 is 0 Å². The largest absolute Gasteiger partial charge is 0.355 e. The van der Waals surface area contributed by atoms with Crippen molar-refractivity contribution in [2.24, 2.45) is 5.92 Å². The van der Waals surface area contributed by atoms with Crippen LogP contribution in [0, 0.1) is 12.8 Å².